The smallest absolute Gasteiger partial charge is 0.256 e. The zero-order chi connectivity index (χ0) is 24.9. The predicted octanol–water partition coefficient (Wildman–Crippen LogP) is 6.51. The number of thioether (sulfide) groups is 1. The van der Waals surface area contributed by atoms with Gasteiger partial charge in [-0.3, -0.25) is 14.6 Å². The number of carbonyl (C=O) groups excluding carboxylic acids is 2. The van der Waals surface area contributed by atoms with Gasteiger partial charge in [0, 0.05) is 43.5 Å². The SMILES string of the molecule is CC(=O)SC[C@H]1CN(C(=O)c2cncc3ccccc23)CCC1C(c1ccccc1)C1C=CC=CC1. The summed E-state index contributed by atoms with van der Waals surface area (Å²) in [5, 5.41) is 2.05. The monoisotopic (exact) mass is 496 g/mol. The number of carbonyl (C=O) groups is 2. The fraction of sp³-hybridized carbons (Fsp3) is 0.323. The number of piperidine rings is 1. The molecule has 1 amide bonds. The molecule has 5 rings (SSSR count). The fourth-order valence-electron chi connectivity index (χ4n) is 5.92. The summed E-state index contributed by atoms with van der Waals surface area (Å²) >= 11 is 1.39. The minimum Gasteiger partial charge on any atom is -0.338 e. The standard InChI is InChI=1S/C31H32N2O2S/c1-22(34)36-21-26-20-33(31(35)29-19-32-18-25-14-8-9-15-27(25)29)17-16-28(26)30(23-10-4-2-5-11-23)24-12-6-3-7-13-24/h2-12,14-15,18-19,24,26,28,30H,13,16-17,20-21H2,1H3/t24?,26-,28?,30?/m1/s1. The molecule has 0 radical (unpaired) electrons. The van der Waals surface area contributed by atoms with Crippen molar-refractivity contribution in [3.63, 3.8) is 0 Å². The normalized spacial score (nSPS) is 22.5. The topological polar surface area (TPSA) is 50.3 Å². The van der Waals surface area contributed by atoms with E-state index in [2.05, 4.69) is 59.6 Å². The third-order valence-corrected chi connectivity index (χ3v) is 8.60. The van der Waals surface area contributed by atoms with Gasteiger partial charge >= 0.3 is 0 Å². The second-order valence-corrected chi connectivity index (χ2v) is 11.0. The number of benzene rings is 2. The molecule has 2 aromatic carbocycles. The lowest BCUT2D eigenvalue weighted by Gasteiger charge is -2.44. The fourth-order valence-corrected chi connectivity index (χ4v) is 6.72. The summed E-state index contributed by atoms with van der Waals surface area (Å²) < 4.78 is 0. The maximum Gasteiger partial charge on any atom is 0.256 e. The number of aromatic nitrogens is 1. The van der Waals surface area contributed by atoms with Crippen molar-refractivity contribution < 1.29 is 9.59 Å². The average molecular weight is 497 g/mol. The predicted molar refractivity (Wildman–Crippen MR) is 148 cm³/mol. The molecule has 1 aromatic heterocycles. The van der Waals surface area contributed by atoms with E-state index in [1.165, 1.54) is 17.3 Å². The van der Waals surface area contributed by atoms with Gasteiger partial charge in [-0.05, 0) is 47.5 Å². The molecular formula is C31H32N2O2S. The van der Waals surface area contributed by atoms with Gasteiger partial charge < -0.3 is 4.90 Å². The second-order valence-electron chi connectivity index (χ2n) is 9.82. The van der Waals surface area contributed by atoms with Crippen LogP contribution < -0.4 is 0 Å². The van der Waals surface area contributed by atoms with Gasteiger partial charge in [-0.15, -0.1) is 0 Å². The van der Waals surface area contributed by atoms with Gasteiger partial charge in [0.1, 0.15) is 0 Å². The molecule has 1 aliphatic carbocycles. The maximum atomic E-state index is 13.7. The van der Waals surface area contributed by atoms with Gasteiger partial charge in [0.2, 0.25) is 0 Å². The summed E-state index contributed by atoms with van der Waals surface area (Å²) in [4.78, 5) is 32.0. The number of amides is 1. The van der Waals surface area contributed by atoms with Crippen LogP contribution in [0, 0.1) is 17.8 Å². The van der Waals surface area contributed by atoms with Gasteiger partial charge in [-0.25, -0.2) is 0 Å². The molecule has 4 atom stereocenters. The molecule has 0 saturated carbocycles. The number of allylic oxidation sites excluding steroid dienone is 4. The lowest BCUT2D eigenvalue weighted by molar-refractivity contribution is -0.109. The Hall–Kier alpha value is -3.18. The zero-order valence-corrected chi connectivity index (χ0v) is 21.4. The minimum atomic E-state index is 0.0346. The number of nitrogens with zero attached hydrogens (tertiary/aromatic N) is 2. The van der Waals surface area contributed by atoms with Crippen LogP contribution in [0.5, 0.6) is 0 Å². The van der Waals surface area contributed by atoms with Crippen molar-refractivity contribution in [3.8, 4) is 0 Å². The molecule has 1 aliphatic heterocycles. The van der Waals surface area contributed by atoms with Crippen LogP contribution in [0.3, 0.4) is 0 Å². The van der Waals surface area contributed by atoms with Crippen molar-refractivity contribution in [2.75, 3.05) is 18.8 Å². The van der Waals surface area contributed by atoms with Gasteiger partial charge in [0.05, 0.1) is 5.56 Å². The number of rotatable bonds is 6. The molecule has 36 heavy (non-hydrogen) atoms. The van der Waals surface area contributed by atoms with E-state index in [0.717, 1.165) is 29.4 Å². The van der Waals surface area contributed by atoms with E-state index in [9.17, 15) is 9.59 Å². The number of hydrogen-bond donors (Lipinski definition) is 0. The molecule has 184 valence electrons. The van der Waals surface area contributed by atoms with E-state index in [0.29, 0.717) is 36.4 Å². The highest BCUT2D eigenvalue weighted by atomic mass is 32.2. The van der Waals surface area contributed by atoms with Crippen LogP contribution in [0.4, 0.5) is 0 Å². The van der Waals surface area contributed by atoms with Gasteiger partial charge in [-0.2, -0.15) is 0 Å². The largest absolute Gasteiger partial charge is 0.338 e. The third-order valence-electron chi connectivity index (χ3n) is 7.60. The van der Waals surface area contributed by atoms with Crippen molar-refractivity contribution in [2.24, 2.45) is 17.8 Å². The minimum absolute atomic E-state index is 0.0346. The van der Waals surface area contributed by atoms with Crippen molar-refractivity contribution >= 4 is 33.6 Å². The van der Waals surface area contributed by atoms with Crippen molar-refractivity contribution in [3.05, 3.63) is 102 Å². The number of hydrogen-bond acceptors (Lipinski definition) is 4. The summed E-state index contributed by atoms with van der Waals surface area (Å²) in [6.45, 7) is 3.00. The molecule has 0 spiro atoms. The molecule has 1 fully saturated rings. The first kappa shape index (κ1) is 24.5. The van der Waals surface area contributed by atoms with Crippen LogP contribution in [-0.4, -0.2) is 39.7 Å². The number of fused-ring (bicyclic) bond motifs is 1. The van der Waals surface area contributed by atoms with Crippen LogP contribution in [0.15, 0.2) is 91.3 Å². The van der Waals surface area contributed by atoms with Crippen LogP contribution in [-0.2, 0) is 4.79 Å². The average Bonchev–Trinajstić information content (AvgIpc) is 2.93. The van der Waals surface area contributed by atoms with Crippen LogP contribution in [0.2, 0.25) is 0 Å². The molecule has 4 nitrogen and oxygen atoms in total. The molecule has 5 heteroatoms. The van der Waals surface area contributed by atoms with E-state index in [4.69, 9.17) is 0 Å². The Bertz CT molecular complexity index is 1280. The van der Waals surface area contributed by atoms with E-state index in [-0.39, 0.29) is 16.9 Å². The highest BCUT2D eigenvalue weighted by Gasteiger charge is 2.39. The highest BCUT2D eigenvalue weighted by molar-refractivity contribution is 8.13. The van der Waals surface area contributed by atoms with Gasteiger partial charge in [-0.1, -0.05) is 90.7 Å². The first-order valence-corrected chi connectivity index (χ1v) is 13.7. The molecule has 0 N–H and O–H groups in total. The van der Waals surface area contributed by atoms with Gasteiger partial charge in [0.15, 0.2) is 5.12 Å². The van der Waals surface area contributed by atoms with E-state index < -0.39 is 0 Å². The van der Waals surface area contributed by atoms with Crippen molar-refractivity contribution in [2.45, 2.75) is 25.7 Å². The molecule has 2 aliphatic rings. The number of pyridine rings is 1. The van der Waals surface area contributed by atoms with E-state index in [1.54, 1.807) is 19.3 Å². The van der Waals surface area contributed by atoms with Gasteiger partial charge in [0.25, 0.3) is 5.91 Å². The first-order valence-electron chi connectivity index (χ1n) is 12.8. The molecule has 3 aromatic rings. The molecule has 1 saturated heterocycles. The third kappa shape index (κ3) is 5.31. The first-order chi connectivity index (χ1) is 17.6. The molecule has 0 bridgehead atoms. The van der Waals surface area contributed by atoms with E-state index >= 15 is 0 Å². The zero-order valence-electron chi connectivity index (χ0n) is 20.6. The Labute approximate surface area is 217 Å². The molecule has 3 unspecified atom stereocenters. The van der Waals surface area contributed by atoms with Crippen LogP contribution in [0.1, 0.15) is 41.6 Å². The Kier molecular flexibility index (Phi) is 7.66. The Morgan fingerprint density at radius 3 is 2.64 bits per heavy atom. The summed E-state index contributed by atoms with van der Waals surface area (Å²) in [5.41, 5.74) is 2.01. The summed E-state index contributed by atoms with van der Waals surface area (Å²) in [7, 11) is 0. The second kappa shape index (κ2) is 11.3. The lowest BCUT2D eigenvalue weighted by atomic mass is 9.67. The van der Waals surface area contributed by atoms with Crippen LogP contribution in [0.25, 0.3) is 10.8 Å². The quantitative estimate of drug-likeness (QED) is 0.390. The summed E-state index contributed by atoms with van der Waals surface area (Å²) in [6.07, 6.45) is 14.3. The summed E-state index contributed by atoms with van der Waals surface area (Å²) in [6, 6.07) is 18.7. The van der Waals surface area contributed by atoms with Crippen LogP contribution >= 0.6 is 11.8 Å². The van der Waals surface area contributed by atoms with E-state index in [1.807, 2.05) is 29.2 Å². The Morgan fingerprint density at radius 2 is 1.86 bits per heavy atom. The van der Waals surface area contributed by atoms with Crippen molar-refractivity contribution in [1.82, 2.24) is 9.88 Å². The highest BCUT2D eigenvalue weighted by Crippen LogP contribution is 2.44. The molecular weight excluding hydrogens is 464 g/mol. The summed E-state index contributed by atoms with van der Waals surface area (Å²) in [5.74, 6) is 2.14. The maximum absolute atomic E-state index is 13.7. The molecule has 2 heterocycles. The Morgan fingerprint density at radius 1 is 1.06 bits per heavy atom. The number of likely N-dealkylation sites (tertiary alicyclic amines) is 1. The lowest BCUT2D eigenvalue weighted by Crippen LogP contribution is -2.47. The Balaban J connectivity index is 1.45. The van der Waals surface area contributed by atoms with Crippen molar-refractivity contribution in [1.29, 1.82) is 0 Å².